The minimum absolute atomic E-state index is 0.131. The van der Waals surface area contributed by atoms with Crippen LogP contribution in [0.4, 0.5) is 5.82 Å². The van der Waals surface area contributed by atoms with Crippen molar-refractivity contribution in [1.29, 1.82) is 0 Å². The van der Waals surface area contributed by atoms with Gasteiger partial charge in [-0.2, -0.15) is 0 Å². The Morgan fingerprint density at radius 2 is 2.00 bits per heavy atom. The van der Waals surface area contributed by atoms with Crippen molar-refractivity contribution in [2.24, 2.45) is 5.92 Å². The average Bonchev–Trinajstić information content (AvgIpc) is 2.76. The number of nitrogens with zero attached hydrogens (tertiary/aromatic N) is 2. The van der Waals surface area contributed by atoms with E-state index in [4.69, 9.17) is 15.6 Å². The van der Waals surface area contributed by atoms with Crippen LogP contribution in [0.25, 0.3) is 21.9 Å². The second kappa shape index (κ2) is 6.51. The normalized spacial score (nSPS) is 10.8. The van der Waals surface area contributed by atoms with Crippen LogP contribution in [0.5, 0.6) is 0 Å². The molecule has 4 N–H and O–H groups in total. The summed E-state index contributed by atoms with van der Waals surface area (Å²) in [5.41, 5.74) is 8.10. The number of H-pyrrole nitrogens is 1. The maximum atomic E-state index is 12.1. The third kappa shape index (κ3) is 3.50. The highest BCUT2D eigenvalue weighted by molar-refractivity contribution is 6.06. The molecule has 0 fully saturated rings. The molecule has 122 valence electrons. The molecule has 0 aliphatic rings. The first-order valence-electron chi connectivity index (χ1n) is 7.27. The molecule has 0 aliphatic heterocycles. The van der Waals surface area contributed by atoms with E-state index in [9.17, 15) is 4.79 Å². The number of rotatable bonds is 2. The van der Waals surface area contributed by atoms with Gasteiger partial charge >= 0.3 is 5.69 Å². The molecule has 0 saturated carbocycles. The van der Waals surface area contributed by atoms with Gasteiger partial charge in [0.1, 0.15) is 11.3 Å². The zero-order valence-corrected chi connectivity index (χ0v) is 13.3. The molecule has 3 aromatic rings. The molecule has 0 saturated heterocycles. The third-order valence-electron chi connectivity index (χ3n) is 3.19. The maximum absolute atomic E-state index is 12.1. The minimum Gasteiger partial charge on any atom is -0.481 e. The first-order valence-corrected chi connectivity index (χ1v) is 7.27. The molecule has 3 rings (SSSR count). The Labute approximate surface area is 132 Å². The molecular weight excluding hydrogens is 296 g/mol. The number of nitrogens with two attached hydrogens (primary N) is 1. The van der Waals surface area contributed by atoms with Gasteiger partial charge in [-0.3, -0.25) is 9.36 Å². The number of carbonyl (C=O) groups is 1. The van der Waals surface area contributed by atoms with E-state index in [2.05, 4.69) is 23.8 Å². The lowest BCUT2D eigenvalue weighted by atomic mass is 10.1. The van der Waals surface area contributed by atoms with Crippen LogP contribution in [0.15, 0.2) is 29.1 Å². The maximum Gasteiger partial charge on any atom is 0.326 e. The van der Waals surface area contributed by atoms with Gasteiger partial charge in [0.2, 0.25) is 0 Å². The molecule has 2 heterocycles. The quantitative estimate of drug-likeness (QED) is 0.670. The van der Waals surface area contributed by atoms with Crippen LogP contribution < -0.4 is 11.4 Å². The molecule has 0 bridgehead atoms. The number of hydrogen-bond donors (Lipinski definition) is 3. The van der Waals surface area contributed by atoms with E-state index in [1.165, 1.54) is 0 Å². The van der Waals surface area contributed by atoms with E-state index >= 15 is 0 Å². The second-order valence-corrected chi connectivity index (χ2v) is 5.69. The zero-order valence-electron chi connectivity index (χ0n) is 13.3. The molecule has 0 aliphatic carbocycles. The average molecular weight is 316 g/mol. The van der Waals surface area contributed by atoms with Crippen molar-refractivity contribution < 1.29 is 9.90 Å². The van der Waals surface area contributed by atoms with Crippen molar-refractivity contribution in [1.82, 2.24) is 14.5 Å². The highest BCUT2D eigenvalue weighted by atomic mass is 16.4. The predicted molar refractivity (Wildman–Crippen MR) is 90.4 cm³/mol. The smallest absolute Gasteiger partial charge is 0.326 e. The lowest BCUT2D eigenvalue weighted by Gasteiger charge is -2.08. The molecule has 0 radical (unpaired) electrons. The Hall–Kier alpha value is -2.83. The van der Waals surface area contributed by atoms with Gasteiger partial charge in [0, 0.05) is 18.9 Å². The lowest BCUT2D eigenvalue weighted by molar-refractivity contribution is -0.134. The standard InChI is InChI=1S/C14H16N4O.C2H4O2/c1-8(2)7-18-12-9-5-3-4-6-10(9)16-13(15)11(12)17-14(18)19;1-2(3)4/h3-6,8H,7H2,1-2H3,(H2,15,16)(H,17,19);1H3,(H,3,4). The summed E-state index contributed by atoms with van der Waals surface area (Å²) >= 11 is 0. The van der Waals surface area contributed by atoms with Crippen LogP contribution in [0.3, 0.4) is 0 Å². The third-order valence-corrected chi connectivity index (χ3v) is 3.19. The number of imidazole rings is 1. The number of benzene rings is 1. The van der Waals surface area contributed by atoms with Crippen molar-refractivity contribution in [2.45, 2.75) is 27.3 Å². The predicted octanol–water partition coefficient (Wildman–Crippen LogP) is 2.21. The largest absolute Gasteiger partial charge is 0.481 e. The summed E-state index contributed by atoms with van der Waals surface area (Å²) in [5, 5.41) is 8.37. The van der Waals surface area contributed by atoms with Crippen molar-refractivity contribution in [2.75, 3.05) is 5.73 Å². The van der Waals surface area contributed by atoms with Crippen LogP contribution in [0, 0.1) is 5.92 Å². The molecule has 7 nitrogen and oxygen atoms in total. The summed E-state index contributed by atoms with van der Waals surface area (Å²) in [5.74, 6) is -0.0850. The number of nitrogen functional groups attached to an aromatic ring is 1. The number of pyridine rings is 1. The first kappa shape index (κ1) is 16.5. The van der Waals surface area contributed by atoms with Gasteiger partial charge < -0.3 is 15.8 Å². The summed E-state index contributed by atoms with van der Waals surface area (Å²) in [6, 6.07) is 7.73. The number of fused-ring (bicyclic) bond motifs is 3. The van der Waals surface area contributed by atoms with E-state index in [0.29, 0.717) is 23.8 Å². The van der Waals surface area contributed by atoms with Gasteiger partial charge in [-0.25, -0.2) is 9.78 Å². The van der Waals surface area contributed by atoms with Crippen molar-refractivity contribution in [3.63, 3.8) is 0 Å². The van der Waals surface area contributed by atoms with Gasteiger partial charge in [-0.1, -0.05) is 32.0 Å². The molecule has 0 spiro atoms. The van der Waals surface area contributed by atoms with Crippen LogP contribution in [0.1, 0.15) is 20.8 Å². The van der Waals surface area contributed by atoms with Gasteiger partial charge in [0.25, 0.3) is 5.97 Å². The number of aromatic amines is 1. The molecule has 2 aromatic heterocycles. The topological polar surface area (TPSA) is 114 Å². The van der Waals surface area contributed by atoms with Gasteiger partial charge in [0.05, 0.1) is 11.0 Å². The molecule has 0 atom stereocenters. The molecule has 0 unspecified atom stereocenters. The van der Waals surface area contributed by atoms with E-state index < -0.39 is 5.97 Å². The Bertz CT molecular complexity index is 905. The van der Waals surface area contributed by atoms with E-state index in [0.717, 1.165) is 23.3 Å². The second-order valence-electron chi connectivity index (χ2n) is 5.69. The molecule has 1 aromatic carbocycles. The Morgan fingerprint density at radius 1 is 1.39 bits per heavy atom. The van der Waals surface area contributed by atoms with E-state index in [1.807, 2.05) is 24.3 Å². The highest BCUT2D eigenvalue weighted by Gasteiger charge is 2.14. The van der Waals surface area contributed by atoms with Gasteiger partial charge in [-0.05, 0) is 12.0 Å². The first-order chi connectivity index (χ1) is 10.8. The van der Waals surface area contributed by atoms with Crippen LogP contribution in [0.2, 0.25) is 0 Å². The Balaban J connectivity index is 0.000000433. The Morgan fingerprint density at radius 3 is 2.61 bits per heavy atom. The fourth-order valence-corrected chi connectivity index (χ4v) is 2.43. The monoisotopic (exact) mass is 316 g/mol. The summed E-state index contributed by atoms with van der Waals surface area (Å²) in [7, 11) is 0. The molecule has 0 amide bonds. The number of carboxylic acids is 1. The summed E-state index contributed by atoms with van der Waals surface area (Å²) in [6.45, 7) is 5.91. The SMILES string of the molecule is CC(=O)O.CC(C)Cn1c(=O)[nH]c2c(N)nc3ccccc3c21. The molecular formula is C16H20N4O3. The van der Waals surface area contributed by atoms with Crippen molar-refractivity contribution in [3.8, 4) is 0 Å². The van der Waals surface area contributed by atoms with E-state index in [1.54, 1.807) is 4.57 Å². The van der Waals surface area contributed by atoms with Crippen LogP contribution >= 0.6 is 0 Å². The number of para-hydroxylation sites is 1. The van der Waals surface area contributed by atoms with Crippen molar-refractivity contribution >= 4 is 33.7 Å². The minimum atomic E-state index is -0.833. The number of anilines is 1. The van der Waals surface area contributed by atoms with E-state index in [-0.39, 0.29) is 5.69 Å². The number of nitrogens with one attached hydrogen (secondary N) is 1. The molecule has 7 heteroatoms. The van der Waals surface area contributed by atoms with Gasteiger partial charge in [0.15, 0.2) is 0 Å². The van der Waals surface area contributed by atoms with Crippen LogP contribution in [-0.2, 0) is 11.3 Å². The number of aliphatic carboxylic acids is 1. The lowest BCUT2D eigenvalue weighted by Crippen LogP contribution is -2.19. The summed E-state index contributed by atoms with van der Waals surface area (Å²) in [6.07, 6.45) is 0. The van der Waals surface area contributed by atoms with Gasteiger partial charge in [-0.15, -0.1) is 0 Å². The highest BCUT2D eigenvalue weighted by Crippen LogP contribution is 2.25. The summed E-state index contributed by atoms with van der Waals surface area (Å²) in [4.78, 5) is 28.2. The zero-order chi connectivity index (χ0) is 17.1. The number of aromatic nitrogens is 3. The Kier molecular flexibility index (Phi) is 4.68. The fourth-order valence-electron chi connectivity index (χ4n) is 2.43. The number of carboxylic acid groups (broad SMARTS) is 1. The molecule has 23 heavy (non-hydrogen) atoms. The number of hydrogen-bond acceptors (Lipinski definition) is 4. The van der Waals surface area contributed by atoms with Crippen molar-refractivity contribution in [3.05, 3.63) is 34.7 Å². The van der Waals surface area contributed by atoms with Crippen LogP contribution in [-0.4, -0.2) is 25.6 Å². The fraction of sp³-hybridized carbons (Fsp3) is 0.312. The summed E-state index contributed by atoms with van der Waals surface area (Å²) < 4.78 is 1.75.